The highest BCUT2D eigenvalue weighted by atomic mass is 16.2. The highest BCUT2D eigenvalue weighted by Gasteiger charge is 2.53. The second-order valence-corrected chi connectivity index (χ2v) is 4.99. The first kappa shape index (κ1) is 10.6. The molecule has 3 aliphatic rings. The molecule has 4 atom stereocenters. The summed E-state index contributed by atoms with van der Waals surface area (Å²) in [5, 5.41) is 0. The van der Waals surface area contributed by atoms with Crippen LogP contribution in [0.2, 0.25) is 0 Å². The van der Waals surface area contributed by atoms with Gasteiger partial charge in [0.15, 0.2) is 0 Å². The zero-order valence-corrected chi connectivity index (χ0v) is 9.24. The largest absolute Gasteiger partial charge is 0.373 e. The van der Waals surface area contributed by atoms with Gasteiger partial charge in [-0.15, -0.1) is 0 Å². The lowest BCUT2D eigenvalue weighted by molar-refractivity contribution is -0.191. The van der Waals surface area contributed by atoms with E-state index in [2.05, 4.69) is 13.0 Å². The van der Waals surface area contributed by atoms with Crippen LogP contribution in [0.1, 0.15) is 39.0 Å². The van der Waals surface area contributed by atoms with Crippen molar-refractivity contribution in [2.75, 3.05) is 0 Å². The average molecular weight is 206 g/mol. The summed E-state index contributed by atoms with van der Waals surface area (Å²) in [4.78, 5) is 16.2. The molecule has 0 aromatic rings. The van der Waals surface area contributed by atoms with Crippen LogP contribution in [0.3, 0.4) is 0 Å². The molecule has 3 fully saturated rings. The van der Waals surface area contributed by atoms with E-state index in [0.717, 1.165) is 23.7 Å². The average Bonchev–Trinajstić information content (AvgIpc) is 2.39. The van der Waals surface area contributed by atoms with E-state index in [1.807, 2.05) is 5.57 Å². The molecule has 0 aromatic carbocycles. The van der Waals surface area contributed by atoms with Crippen molar-refractivity contribution in [2.24, 2.45) is 23.7 Å². The number of allylic oxidation sites excluding steroid dienone is 2. The zero-order chi connectivity index (χ0) is 10.8. The van der Waals surface area contributed by atoms with E-state index < -0.39 is 0 Å². The minimum atomic E-state index is 0.250. The van der Waals surface area contributed by atoms with Gasteiger partial charge in [0.05, 0.1) is 0 Å². The van der Waals surface area contributed by atoms with E-state index in [1.54, 1.807) is 19.3 Å². The SMILES string of the molecule is CCC=C1[C@H]2CC[C@@H]3C[C@H]2[C@H]1C3.O=C=O. The summed E-state index contributed by atoms with van der Waals surface area (Å²) in [6, 6.07) is 0. The fourth-order valence-electron chi connectivity index (χ4n) is 3.98. The smallest absolute Gasteiger partial charge is 0.186 e. The van der Waals surface area contributed by atoms with Crippen molar-refractivity contribution >= 4 is 6.15 Å². The van der Waals surface area contributed by atoms with Crippen molar-refractivity contribution in [3.63, 3.8) is 0 Å². The van der Waals surface area contributed by atoms with Crippen molar-refractivity contribution in [1.29, 1.82) is 0 Å². The third-order valence-corrected chi connectivity index (χ3v) is 4.41. The van der Waals surface area contributed by atoms with Crippen LogP contribution in [-0.4, -0.2) is 6.15 Å². The Kier molecular flexibility index (Phi) is 3.06. The summed E-state index contributed by atoms with van der Waals surface area (Å²) in [6.45, 7) is 2.28. The van der Waals surface area contributed by atoms with Gasteiger partial charge in [0, 0.05) is 0 Å². The molecule has 0 amide bonds. The van der Waals surface area contributed by atoms with E-state index in [4.69, 9.17) is 9.59 Å². The Morgan fingerprint density at radius 2 is 2.00 bits per heavy atom. The predicted molar refractivity (Wildman–Crippen MR) is 55.8 cm³/mol. The molecule has 0 N–H and O–H groups in total. The van der Waals surface area contributed by atoms with Gasteiger partial charge in [-0.25, -0.2) is 0 Å². The van der Waals surface area contributed by atoms with E-state index in [1.165, 1.54) is 12.8 Å². The Hall–Kier alpha value is -0.880. The van der Waals surface area contributed by atoms with Gasteiger partial charge in [0.2, 0.25) is 0 Å². The summed E-state index contributed by atoms with van der Waals surface area (Å²) in [7, 11) is 0. The van der Waals surface area contributed by atoms with Crippen LogP contribution >= 0.6 is 0 Å². The van der Waals surface area contributed by atoms with Crippen LogP contribution in [0.25, 0.3) is 0 Å². The Morgan fingerprint density at radius 1 is 1.27 bits per heavy atom. The highest BCUT2D eigenvalue weighted by molar-refractivity contribution is 5.28. The van der Waals surface area contributed by atoms with E-state index in [9.17, 15) is 0 Å². The molecule has 2 nitrogen and oxygen atoms in total. The first-order valence-corrected chi connectivity index (χ1v) is 6.01. The van der Waals surface area contributed by atoms with Crippen LogP contribution in [-0.2, 0) is 9.59 Å². The summed E-state index contributed by atoms with van der Waals surface area (Å²) < 4.78 is 0. The fourth-order valence-corrected chi connectivity index (χ4v) is 3.98. The molecule has 3 aliphatic carbocycles. The van der Waals surface area contributed by atoms with Gasteiger partial charge in [-0.1, -0.05) is 18.6 Å². The van der Waals surface area contributed by atoms with Crippen molar-refractivity contribution < 1.29 is 9.59 Å². The molecule has 82 valence electrons. The van der Waals surface area contributed by atoms with Crippen molar-refractivity contribution in [2.45, 2.75) is 39.0 Å². The summed E-state index contributed by atoms with van der Waals surface area (Å²) in [5.41, 5.74) is 1.86. The van der Waals surface area contributed by atoms with Gasteiger partial charge in [-0.2, -0.15) is 9.59 Å². The molecule has 15 heavy (non-hydrogen) atoms. The van der Waals surface area contributed by atoms with Gasteiger partial charge < -0.3 is 0 Å². The van der Waals surface area contributed by atoms with Crippen LogP contribution < -0.4 is 0 Å². The summed E-state index contributed by atoms with van der Waals surface area (Å²) in [5.74, 6) is 4.37. The zero-order valence-electron chi connectivity index (χ0n) is 9.24. The Labute approximate surface area is 90.7 Å². The number of rotatable bonds is 1. The molecule has 2 bridgehead atoms. The molecule has 0 aliphatic heterocycles. The molecule has 0 spiro atoms. The molecule has 3 saturated carbocycles. The molecule has 3 rings (SSSR count). The quantitative estimate of drug-likeness (QED) is 0.618. The minimum absolute atomic E-state index is 0.250. The monoisotopic (exact) mass is 206 g/mol. The minimum Gasteiger partial charge on any atom is -0.186 e. The molecular weight excluding hydrogens is 188 g/mol. The van der Waals surface area contributed by atoms with Crippen LogP contribution in [0.5, 0.6) is 0 Å². The van der Waals surface area contributed by atoms with Gasteiger partial charge in [0.1, 0.15) is 0 Å². The lowest BCUT2D eigenvalue weighted by Gasteiger charge is -2.45. The number of hydrogen-bond acceptors (Lipinski definition) is 2. The second-order valence-electron chi connectivity index (χ2n) is 4.99. The van der Waals surface area contributed by atoms with Crippen LogP contribution in [0.15, 0.2) is 11.6 Å². The standard InChI is InChI=1S/C12H18.CO2/c1-2-3-9-10-5-4-8-6-11(9)12(10)7-8;2-1-3/h3,8,10-12H,2,4-7H2,1H3;/t8-,10+,11-,12+;/m0./s1. The fraction of sp³-hybridized carbons (Fsp3) is 0.769. The Bertz CT molecular complexity index is 292. The van der Waals surface area contributed by atoms with E-state index in [-0.39, 0.29) is 6.15 Å². The topological polar surface area (TPSA) is 34.1 Å². The number of hydrogen-bond donors (Lipinski definition) is 0. The molecule has 2 heteroatoms. The molecule has 0 unspecified atom stereocenters. The van der Waals surface area contributed by atoms with Gasteiger partial charge in [-0.05, 0) is 55.8 Å². The lowest BCUT2D eigenvalue weighted by Crippen LogP contribution is -2.36. The lowest BCUT2D eigenvalue weighted by atomic mass is 9.60. The maximum absolute atomic E-state index is 8.12. The normalized spacial score (nSPS) is 42.6. The van der Waals surface area contributed by atoms with Crippen LogP contribution in [0.4, 0.5) is 0 Å². The van der Waals surface area contributed by atoms with Gasteiger partial charge >= 0.3 is 6.15 Å². The van der Waals surface area contributed by atoms with Gasteiger partial charge in [-0.3, -0.25) is 0 Å². The molecule has 0 heterocycles. The number of carbonyl (C=O) groups excluding carboxylic acids is 2. The first-order valence-electron chi connectivity index (χ1n) is 6.01. The van der Waals surface area contributed by atoms with Crippen molar-refractivity contribution in [3.05, 3.63) is 11.6 Å². The van der Waals surface area contributed by atoms with E-state index in [0.29, 0.717) is 0 Å². The predicted octanol–water partition coefficient (Wildman–Crippen LogP) is 2.81. The summed E-state index contributed by atoms with van der Waals surface area (Å²) in [6.07, 6.45) is 10.2. The second kappa shape index (κ2) is 4.32. The molecular formula is C13H18O2. The molecule has 0 aromatic heterocycles. The van der Waals surface area contributed by atoms with E-state index >= 15 is 0 Å². The maximum Gasteiger partial charge on any atom is 0.373 e. The van der Waals surface area contributed by atoms with Crippen molar-refractivity contribution in [1.82, 2.24) is 0 Å². The third kappa shape index (κ3) is 1.68. The van der Waals surface area contributed by atoms with Crippen LogP contribution in [0, 0.1) is 23.7 Å². The highest BCUT2D eigenvalue weighted by Crippen LogP contribution is 2.63. The maximum atomic E-state index is 8.12. The molecule has 0 saturated heterocycles. The number of fused-ring (bicyclic) bond motifs is 1. The first-order chi connectivity index (χ1) is 7.31. The third-order valence-electron chi connectivity index (χ3n) is 4.41. The van der Waals surface area contributed by atoms with Gasteiger partial charge in [0.25, 0.3) is 0 Å². The summed E-state index contributed by atoms with van der Waals surface area (Å²) >= 11 is 0. The Morgan fingerprint density at radius 3 is 2.67 bits per heavy atom. The van der Waals surface area contributed by atoms with Crippen molar-refractivity contribution in [3.8, 4) is 0 Å². The Balaban J connectivity index is 0.000000258. The molecule has 0 radical (unpaired) electrons.